The first kappa shape index (κ1) is 16.5. The maximum absolute atomic E-state index is 11.9. The number of nitrogens with one attached hydrogen (secondary N) is 1. The fraction of sp³-hybridized carbons (Fsp3) is 0.467. The SMILES string of the molecule is CC(=O)N(CC(=O)NCCC(C)C)c1cccc(Cl)c1. The second-order valence-electron chi connectivity index (χ2n) is 5.12. The van der Waals surface area contributed by atoms with E-state index in [0.29, 0.717) is 23.2 Å². The van der Waals surface area contributed by atoms with Crippen molar-refractivity contribution in [3.8, 4) is 0 Å². The Morgan fingerprint density at radius 1 is 1.35 bits per heavy atom. The van der Waals surface area contributed by atoms with E-state index >= 15 is 0 Å². The number of nitrogens with zero attached hydrogens (tertiary/aromatic N) is 1. The highest BCUT2D eigenvalue weighted by molar-refractivity contribution is 6.30. The molecule has 0 aliphatic carbocycles. The number of carbonyl (C=O) groups excluding carboxylic acids is 2. The molecule has 0 aromatic heterocycles. The van der Waals surface area contributed by atoms with Crippen molar-refractivity contribution in [1.29, 1.82) is 0 Å². The summed E-state index contributed by atoms with van der Waals surface area (Å²) in [6.07, 6.45) is 0.920. The zero-order chi connectivity index (χ0) is 15.1. The standard InChI is InChI=1S/C15H21ClN2O2/c1-11(2)7-8-17-15(20)10-18(12(3)19)14-6-4-5-13(16)9-14/h4-6,9,11H,7-8,10H2,1-3H3,(H,17,20). The maximum atomic E-state index is 11.9. The Balaban J connectivity index is 2.64. The van der Waals surface area contributed by atoms with Crippen LogP contribution in [0.1, 0.15) is 27.2 Å². The summed E-state index contributed by atoms with van der Waals surface area (Å²) >= 11 is 5.91. The van der Waals surface area contributed by atoms with Gasteiger partial charge in [0.15, 0.2) is 0 Å². The summed E-state index contributed by atoms with van der Waals surface area (Å²) in [6, 6.07) is 6.91. The number of hydrogen-bond donors (Lipinski definition) is 1. The fourth-order valence-electron chi connectivity index (χ4n) is 1.73. The van der Waals surface area contributed by atoms with Gasteiger partial charge in [-0.15, -0.1) is 0 Å². The largest absolute Gasteiger partial charge is 0.355 e. The van der Waals surface area contributed by atoms with E-state index in [-0.39, 0.29) is 18.4 Å². The minimum absolute atomic E-state index is 0.00771. The Labute approximate surface area is 125 Å². The van der Waals surface area contributed by atoms with Gasteiger partial charge in [-0.2, -0.15) is 0 Å². The van der Waals surface area contributed by atoms with Crippen LogP contribution in [0.25, 0.3) is 0 Å². The summed E-state index contributed by atoms with van der Waals surface area (Å²) in [5, 5.41) is 3.35. The van der Waals surface area contributed by atoms with Gasteiger partial charge < -0.3 is 10.2 Å². The lowest BCUT2D eigenvalue weighted by molar-refractivity contribution is -0.123. The quantitative estimate of drug-likeness (QED) is 0.877. The van der Waals surface area contributed by atoms with Gasteiger partial charge in [0.25, 0.3) is 0 Å². The molecule has 110 valence electrons. The molecule has 0 aliphatic rings. The lowest BCUT2D eigenvalue weighted by Crippen LogP contribution is -2.40. The van der Waals surface area contributed by atoms with Crippen molar-refractivity contribution >= 4 is 29.1 Å². The predicted octanol–water partition coefficient (Wildman–Crippen LogP) is 2.86. The molecule has 2 amide bonds. The van der Waals surface area contributed by atoms with Crippen molar-refractivity contribution in [2.75, 3.05) is 18.0 Å². The molecule has 0 fully saturated rings. The highest BCUT2D eigenvalue weighted by Crippen LogP contribution is 2.19. The molecule has 1 aromatic carbocycles. The van der Waals surface area contributed by atoms with E-state index in [2.05, 4.69) is 19.2 Å². The molecule has 1 N–H and O–H groups in total. The van der Waals surface area contributed by atoms with E-state index < -0.39 is 0 Å². The highest BCUT2D eigenvalue weighted by atomic mass is 35.5. The molecule has 0 spiro atoms. The summed E-state index contributed by atoms with van der Waals surface area (Å²) in [7, 11) is 0. The number of rotatable bonds is 6. The Hall–Kier alpha value is -1.55. The number of carbonyl (C=O) groups is 2. The zero-order valence-electron chi connectivity index (χ0n) is 12.1. The molecular weight excluding hydrogens is 276 g/mol. The van der Waals surface area contributed by atoms with Gasteiger partial charge in [-0.3, -0.25) is 9.59 Å². The zero-order valence-corrected chi connectivity index (χ0v) is 12.9. The topological polar surface area (TPSA) is 49.4 Å². The van der Waals surface area contributed by atoms with E-state index in [1.807, 2.05) is 0 Å². The van der Waals surface area contributed by atoms with Crippen molar-refractivity contribution in [3.63, 3.8) is 0 Å². The van der Waals surface area contributed by atoms with E-state index in [4.69, 9.17) is 11.6 Å². The predicted molar refractivity (Wildman–Crippen MR) is 81.9 cm³/mol. The molecule has 0 radical (unpaired) electrons. The normalized spacial score (nSPS) is 10.4. The van der Waals surface area contributed by atoms with Crippen LogP contribution in [0, 0.1) is 5.92 Å². The van der Waals surface area contributed by atoms with Gasteiger partial charge in [0, 0.05) is 24.2 Å². The van der Waals surface area contributed by atoms with Crippen LogP contribution in [0.15, 0.2) is 24.3 Å². The number of amides is 2. The van der Waals surface area contributed by atoms with Crippen LogP contribution in [0.2, 0.25) is 5.02 Å². The second kappa shape index (κ2) is 7.90. The molecule has 0 bridgehead atoms. The van der Waals surface area contributed by atoms with Crippen molar-refractivity contribution < 1.29 is 9.59 Å². The third kappa shape index (κ3) is 5.61. The Morgan fingerprint density at radius 3 is 2.60 bits per heavy atom. The van der Waals surface area contributed by atoms with Crippen LogP contribution in [-0.2, 0) is 9.59 Å². The van der Waals surface area contributed by atoms with Gasteiger partial charge >= 0.3 is 0 Å². The summed E-state index contributed by atoms with van der Waals surface area (Å²) in [5.41, 5.74) is 0.629. The third-order valence-electron chi connectivity index (χ3n) is 2.85. The van der Waals surface area contributed by atoms with Gasteiger partial charge in [0.1, 0.15) is 6.54 Å². The van der Waals surface area contributed by atoms with Crippen molar-refractivity contribution in [1.82, 2.24) is 5.32 Å². The molecule has 20 heavy (non-hydrogen) atoms. The summed E-state index contributed by atoms with van der Waals surface area (Å²) in [5.74, 6) is 0.180. The number of halogens is 1. The first-order valence-electron chi connectivity index (χ1n) is 6.70. The average molecular weight is 297 g/mol. The van der Waals surface area contributed by atoms with Gasteiger partial charge in [-0.25, -0.2) is 0 Å². The van der Waals surface area contributed by atoms with Gasteiger partial charge in [0.2, 0.25) is 11.8 Å². The van der Waals surface area contributed by atoms with Crippen LogP contribution in [0.3, 0.4) is 0 Å². The average Bonchev–Trinajstić information content (AvgIpc) is 2.35. The van der Waals surface area contributed by atoms with Gasteiger partial charge in [-0.05, 0) is 30.5 Å². The first-order chi connectivity index (χ1) is 9.40. The Morgan fingerprint density at radius 2 is 2.05 bits per heavy atom. The molecule has 0 unspecified atom stereocenters. The molecule has 0 saturated heterocycles. The molecule has 0 saturated carbocycles. The lowest BCUT2D eigenvalue weighted by atomic mass is 10.1. The van der Waals surface area contributed by atoms with Crippen LogP contribution < -0.4 is 10.2 Å². The summed E-state index contributed by atoms with van der Waals surface area (Å²) < 4.78 is 0. The van der Waals surface area contributed by atoms with Crippen molar-refractivity contribution in [2.24, 2.45) is 5.92 Å². The van der Waals surface area contributed by atoms with E-state index in [0.717, 1.165) is 6.42 Å². The molecule has 4 nitrogen and oxygen atoms in total. The molecular formula is C15H21ClN2O2. The Kier molecular flexibility index (Phi) is 6.52. The molecule has 0 aliphatic heterocycles. The van der Waals surface area contributed by atoms with Crippen LogP contribution in [0.5, 0.6) is 0 Å². The van der Waals surface area contributed by atoms with Gasteiger partial charge in [-0.1, -0.05) is 31.5 Å². The van der Waals surface area contributed by atoms with Crippen molar-refractivity contribution in [3.05, 3.63) is 29.3 Å². The number of anilines is 1. The molecule has 0 atom stereocenters. The fourth-order valence-corrected chi connectivity index (χ4v) is 1.91. The van der Waals surface area contributed by atoms with Crippen LogP contribution >= 0.6 is 11.6 Å². The second-order valence-corrected chi connectivity index (χ2v) is 5.55. The third-order valence-corrected chi connectivity index (χ3v) is 3.08. The minimum atomic E-state index is -0.189. The minimum Gasteiger partial charge on any atom is -0.355 e. The van der Waals surface area contributed by atoms with E-state index in [9.17, 15) is 9.59 Å². The monoisotopic (exact) mass is 296 g/mol. The summed E-state index contributed by atoms with van der Waals surface area (Å²) in [4.78, 5) is 24.9. The first-order valence-corrected chi connectivity index (χ1v) is 7.08. The van der Waals surface area contributed by atoms with E-state index in [1.165, 1.54) is 11.8 Å². The maximum Gasteiger partial charge on any atom is 0.240 e. The lowest BCUT2D eigenvalue weighted by Gasteiger charge is -2.21. The Bertz CT molecular complexity index is 475. The smallest absolute Gasteiger partial charge is 0.240 e. The summed E-state index contributed by atoms with van der Waals surface area (Å²) in [6.45, 7) is 6.26. The number of hydrogen-bond acceptors (Lipinski definition) is 2. The number of benzene rings is 1. The van der Waals surface area contributed by atoms with Gasteiger partial charge in [0.05, 0.1) is 0 Å². The van der Waals surface area contributed by atoms with Crippen molar-refractivity contribution in [2.45, 2.75) is 27.2 Å². The van der Waals surface area contributed by atoms with E-state index in [1.54, 1.807) is 24.3 Å². The van der Waals surface area contributed by atoms with Crippen LogP contribution in [-0.4, -0.2) is 24.9 Å². The molecule has 1 aromatic rings. The van der Waals surface area contributed by atoms with Crippen LogP contribution in [0.4, 0.5) is 5.69 Å². The highest BCUT2D eigenvalue weighted by Gasteiger charge is 2.15. The molecule has 0 heterocycles. The molecule has 1 rings (SSSR count). The molecule has 5 heteroatoms.